The van der Waals surface area contributed by atoms with Crippen molar-refractivity contribution in [3.05, 3.63) is 29.1 Å². The fourth-order valence-electron chi connectivity index (χ4n) is 4.25. The molecule has 1 aromatic carbocycles. The molecule has 2 bridgehead atoms. The van der Waals surface area contributed by atoms with Crippen LogP contribution in [0.5, 0.6) is 5.75 Å². The van der Waals surface area contributed by atoms with Gasteiger partial charge >= 0.3 is 0 Å². The fraction of sp³-hybridized carbons (Fsp3) is 0.500. The molecule has 1 amide bonds. The van der Waals surface area contributed by atoms with Crippen molar-refractivity contribution < 1.29 is 9.53 Å². The number of hydrogen-bond donors (Lipinski definition) is 2. The van der Waals surface area contributed by atoms with E-state index in [1.54, 1.807) is 7.11 Å². The minimum absolute atomic E-state index is 0.0772. The lowest BCUT2D eigenvalue weighted by molar-refractivity contribution is -0.117. The van der Waals surface area contributed by atoms with Crippen molar-refractivity contribution in [2.45, 2.75) is 51.1 Å². The van der Waals surface area contributed by atoms with Gasteiger partial charge in [0, 0.05) is 29.4 Å². The van der Waals surface area contributed by atoms with Crippen LogP contribution < -0.4 is 15.4 Å². The van der Waals surface area contributed by atoms with Crippen LogP contribution in [0.25, 0.3) is 11.3 Å². The van der Waals surface area contributed by atoms with Crippen LogP contribution in [0.3, 0.4) is 0 Å². The first-order chi connectivity index (χ1) is 12.6. The Labute approximate surface area is 158 Å². The zero-order valence-electron chi connectivity index (χ0n) is 15.2. The van der Waals surface area contributed by atoms with Crippen LogP contribution in [0.2, 0.25) is 0 Å². The predicted octanol–water partition coefficient (Wildman–Crippen LogP) is 3.99. The summed E-state index contributed by atoms with van der Waals surface area (Å²) < 4.78 is 5.44. The van der Waals surface area contributed by atoms with Crippen LogP contribution in [0.15, 0.2) is 23.6 Å². The molecule has 0 aliphatic carbocycles. The van der Waals surface area contributed by atoms with Gasteiger partial charge < -0.3 is 15.4 Å². The number of benzene rings is 1. The zero-order chi connectivity index (χ0) is 18.1. The number of piperidine rings is 1. The second kappa shape index (κ2) is 7.37. The third-order valence-corrected chi connectivity index (χ3v) is 6.18. The van der Waals surface area contributed by atoms with E-state index in [2.05, 4.69) is 21.7 Å². The maximum absolute atomic E-state index is 12.4. The Balaban J connectivity index is 1.40. The van der Waals surface area contributed by atoms with E-state index in [1.807, 2.05) is 24.4 Å². The van der Waals surface area contributed by atoms with Crippen molar-refractivity contribution in [2.24, 2.45) is 5.92 Å². The number of rotatable bonds is 5. The van der Waals surface area contributed by atoms with Gasteiger partial charge in [-0.1, -0.05) is 11.6 Å². The smallest absolute Gasteiger partial charge is 0.226 e. The van der Waals surface area contributed by atoms with Crippen LogP contribution in [0.4, 0.5) is 5.13 Å². The molecule has 26 heavy (non-hydrogen) atoms. The molecule has 2 fully saturated rings. The Morgan fingerprint density at radius 3 is 2.85 bits per heavy atom. The van der Waals surface area contributed by atoms with E-state index >= 15 is 0 Å². The molecule has 2 aromatic rings. The molecule has 1 aromatic heterocycles. The average molecular weight is 372 g/mol. The summed E-state index contributed by atoms with van der Waals surface area (Å²) in [6.07, 6.45) is 5.35. The van der Waals surface area contributed by atoms with Crippen LogP contribution >= 0.6 is 11.3 Å². The molecule has 2 aliphatic rings. The molecule has 2 saturated heterocycles. The number of nitrogens with one attached hydrogen (secondary N) is 2. The Morgan fingerprint density at radius 2 is 2.12 bits per heavy atom. The number of carbonyl (C=O) groups is 1. The van der Waals surface area contributed by atoms with Gasteiger partial charge in [0.05, 0.1) is 12.8 Å². The Kier molecular flexibility index (Phi) is 4.96. The fourth-order valence-corrected chi connectivity index (χ4v) is 4.98. The van der Waals surface area contributed by atoms with Crippen LogP contribution in [0, 0.1) is 12.8 Å². The van der Waals surface area contributed by atoms with Gasteiger partial charge in [0.1, 0.15) is 5.75 Å². The molecule has 2 unspecified atom stereocenters. The number of aryl methyl sites for hydroxylation is 1. The van der Waals surface area contributed by atoms with E-state index < -0.39 is 0 Å². The van der Waals surface area contributed by atoms with E-state index in [0.717, 1.165) is 35.4 Å². The van der Waals surface area contributed by atoms with Crippen LogP contribution in [0.1, 0.15) is 37.7 Å². The molecule has 6 heteroatoms. The Bertz CT molecular complexity index is 792. The summed E-state index contributed by atoms with van der Waals surface area (Å²) >= 11 is 1.46. The minimum Gasteiger partial charge on any atom is -0.496 e. The molecule has 2 N–H and O–H groups in total. The largest absolute Gasteiger partial charge is 0.496 e. The molecule has 5 nitrogen and oxygen atoms in total. The SMILES string of the molecule is COc1ccc(C)cc1-c1csc(NC(=O)CC2CC3CCC(C2)N3)n1. The first-order valence-corrected chi connectivity index (χ1v) is 10.1. The van der Waals surface area contributed by atoms with Crippen LogP contribution in [-0.4, -0.2) is 30.1 Å². The second-order valence-corrected chi connectivity index (χ2v) is 8.33. The molecule has 0 spiro atoms. The number of methoxy groups -OCH3 is 1. The molecule has 2 aliphatic heterocycles. The summed E-state index contributed by atoms with van der Waals surface area (Å²) in [6, 6.07) is 7.26. The number of carbonyl (C=O) groups excluding carboxylic acids is 1. The molecular formula is C20H25N3O2S. The normalized spacial score (nSPS) is 24.5. The van der Waals surface area contributed by atoms with Gasteiger partial charge in [0.2, 0.25) is 5.91 Å². The van der Waals surface area contributed by atoms with Gasteiger partial charge in [0.25, 0.3) is 0 Å². The lowest BCUT2D eigenvalue weighted by Gasteiger charge is -2.28. The number of amides is 1. The molecule has 138 valence electrons. The quantitative estimate of drug-likeness (QED) is 0.834. The standard InChI is InChI=1S/C20H25N3O2S/c1-12-3-6-18(25-2)16(7-12)17-11-26-20(22-17)23-19(24)10-13-8-14-4-5-15(9-13)21-14/h3,6-7,11,13-15,21H,4-5,8-10H2,1-2H3,(H,22,23,24). The predicted molar refractivity (Wildman–Crippen MR) is 105 cm³/mol. The lowest BCUT2D eigenvalue weighted by Crippen LogP contribution is -2.39. The van der Waals surface area contributed by atoms with Crippen molar-refractivity contribution in [3.63, 3.8) is 0 Å². The highest BCUT2D eigenvalue weighted by atomic mass is 32.1. The number of aromatic nitrogens is 1. The van der Waals surface area contributed by atoms with E-state index in [0.29, 0.717) is 29.6 Å². The summed E-state index contributed by atoms with van der Waals surface area (Å²) in [6.45, 7) is 2.05. The van der Waals surface area contributed by atoms with Crippen molar-refractivity contribution in [1.29, 1.82) is 0 Å². The number of thiazole rings is 1. The van der Waals surface area contributed by atoms with Gasteiger partial charge in [-0.25, -0.2) is 4.98 Å². The summed E-state index contributed by atoms with van der Waals surface area (Å²) in [5.74, 6) is 1.36. The maximum atomic E-state index is 12.4. The number of fused-ring (bicyclic) bond motifs is 2. The van der Waals surface area contributed by atoms with Crippen molar-refractivity contribution in [2.75, 3.05) is 12.4 Å². The molecule has 0 radical (unpaired) electrons. The molecule has 3 heterocycles. The number of ether oxygens (including phenoxy) is 1. The minimum atomic E-state index is 0.0772. The zero-order valence-corrected chi connectivity index (χ0v) is 16.1. The van der Waals surface area contributed by atoms with Crippen molar-refractivity contribution in [1.82, 2.24) is 10.3 Å². The monoisotopic (exact) mass is 371 g/mol. The van der Waals surface area contributed by atoms with Crippen molar-refractivity contribution in [3.8, 4) is 17.0 Å². The van der Waals surface area contributed by atoms with Gasteiger partial charge in [0.15, 0.2) is 5.13 Å². The summed E-state index contributed by atoms with van der Waals surface area (Å²) in [4.78, 5) is 17.0. The van der Waals surface area contributed by atoms with Crippen LogP contribution in [-0.2, 0) is 4.79 Å². The first-order valence-electron chi connectivity index (χ1n) is 9.27. The first kappa shape index (κ1) is 17.5. The third-order valence-electron chi connectivity index (χ3n) is 5.43. The number of anilines is 1. The molecule has 4 rings (SSSR count). The average Bonchev–Trinajstić information content (AvgIpc) is 3.21. The molecule has 0 saturated carbocycles. The molecular weight excluding hydrogens is 346 g/mol. The van der Waals surface area contributed by atoms with Gasteiger partial charge in [-0.15, -0.1) is 11.3 Å². The second-order valence-electron chi connectivity index (χ2n) is 7.47. The van der Waals surface area contributed by atoms with Gasteiger partial charge in [-0.05, 0) is 50.7 Å². The summed E-state index contributed by atoms with van der Waals surface area (Å²) in [7, 11) is 1.66. The number of nitrogens with zero attached hydrogens (tertiary/aromatic N) is 1. The van der Waals surface area contributed by atoms with E-state index in [1.165, 1.54) is 24.2 Å². The lowest BCUT2D eigenvalue weighted by atomic mass is 9.89. The van der Waals surface area contributed by atoms with Crippen molar-refractivity contribution >= 4 is 22.4 Å². The maximum Gasteiger partial charge on any atom is 0.226 e. The third kappa shape index (κ3) is 3.76. The Hall–Kier alpha value is -1.92. The topological polar surface area (TPSA) is 63.2 Å². The van der Waals surface area contributed by atoms with Gasteiger partial charge in [-0.2, -0.15) is 0 Å². The highest BCUT2D eigenvalue weighted by Crippen LogP contribution is 2.34. The highest BCUT2D eigenvalue weighted by molar-refractivity contribution is 7.14. The summed E-state index contributed by atoms with van der Waals surface area (Å²) in [5, 5.41) is 9.24. The Morgan fingerprint density at radius 1 is 1.35 bits per heavy atom. The number of hydrogen-bond acceptors (Lipinski definition) is 5. The van der Waals surface area contributed by atoms with Gasteiger partial charge in [-0.3, -0.25) is 4.79 Å². The van der Waals surface area contributed by atoms with E-state index in [4.69, 9.17) is 4.74 Å². The highest BCUT2D eigenvalue weighted by Gasteiger charge is 2.34. The van der Waals surface area contributed by atoms with E-state index in [-0.39, 0.29) is 5.91 Å². The summed E-state index contributed by atoms with van der Waals surface area (Å²) in [5.41, 5.74) is 2.95. The van der Waals surface area contributed by atoms with E-state index in [9.17, 15) is 4.79 Å². The molecule has 2 atom stereocenters.